The molecule has 1 unspecified atom stereocenters. The van der Waals surface area contributed by atoms with Gasteiger partial charge in [-0.05, 0) is 37.5 Å². The van der Waals surface area contributed by atoms with Gasteiger partial charge in [0.25, 0.3) is 0 Å². The number of nitrogens with zero attached hydrogens (tertiary/aromatic N) is 5. The summed E-state index contributed by atoms with van der Waals surface area (Å²) in [5, 5.41) is 10.2. The summed E-state index contributed by atoms with van der Waals surface area (Å²) in [5.41, 5.74) is 8.48. The molecule has 9 heteroatoms. The van der Waals surface area contributed by atoms with Crippen molar-refractivity contribution in [2.75, 3.05) is 25.9 Å². The molecule has 0 amide bonds. The van der Waals surface area contributed by atoms with E-state index in [2.05, 4.69) is 16.5 Å². The summed E-state index contributed by atoms with van der Waals surface area (Å²) in [7, 11) is 1.59. The molecule has 0 bridgehead atoms. The van der Waals surface area contributed by atoms with Crippen LogP contribution in [0.2, 0.25) is 0 Å². The predicted molar refractivity (Wildman–Crippen MR) is 115 cm³/mol. The van der Waals surface area contributed by atoms with Crippen LogP contribution >= 0.6 is 0 Å². The lowest BCUT2D eigenvalue weighted by atomic mass is 10.1. The Morgan fingerprint density at radius 2 is 2.20 bits per heavy atom. The molecule has 1 aromatic carbocycles. The van der Waals surface area contributed by atoms with Gasteiger partial charge in [0.2, 0.25) is 0 Å². The second-order valence-corrected chi connectivity index (χ2v) is 7.51. The van der Waals surface area contributed by atoms with E-state index in [1.165, 1.54) is 17.0 Å². The summed E-state index contributed by atoms with van der Waals surface area (Å²) in [6, 6.07) is 5.39. The van der Waals surface area contributed by atoms with Crippen molar-refractivity contribution in [2.24, 2.45) is 0 Å². The first-order valence-electron chi connectivity index (χ1n) is 9.89. The first kappa shape index (κ1) is 20.1. The fourth-order valence-corrected chi connectivity index (χ4v) is 4.17. The van der Waals surface area contributed by atoms with Crippen LogP contribution in [0.15, 0.2) is 42.0 Å². The summed E-state index contributed by atoms with van der Waals surface area (Å²) >= 11 is 0. The first-order chi connectivity index (χ1) is 14.5. The third-order valence-corrected chi connectivity index (χ3v) is 5.71. The lowest BCUT2D eigenvalue weighted by molar-refractivity contribution is 0.0138. The molecular weight excluding hydrogens is 384 g/mol. The van der Waals surface area contributed by atoms with Crippen LogP contribution in [0.4, 0.5) is 5.82 Å². The monoisotopic (exact) mass is 410 g/mol. The van der Waals surface area contributed by atoms with E-state index in [0.717, 1.165) is 24.9 Å². The minimum atomic E-state index is -0.752. The summed E-state index contributed by atoms with van der Waals surface area (Å²) in [6.07, 6.45) is 3.74. The van der Waals surface area contributed by atoms with Gasteiger partial charge in [0, 0.05) is 19.2 Å². The van der Waals surface area contributed by atoms with E-state index in [1.54, 1.807) is 11.7 Å². The standard InChI is InChI=1S/C21H26N6O3/c1-4-17(28)25-9-5-6-15(11-25)27-20-18(19(22)23-12-24-20)26(21(27)29)14-8-7-13(2)16(10-14)30-3/h4,7-8,10,12,15,17,28H,1,5-6,9,11H2,2-3H3,(H2,22,23,24)/t15-,17?/m1/s1. The SMILES string of the molecule is C=CC(O)N1CCC[C@@H](n2c(=O)n(-c3ccc(C)c(OC)c3)c3c(N)ncnc32)C1. The highest BCUT2D eigenvalue weighted by molar-refractivity contribution is 5.84. The van der Waals surface area contributed by atoms with Crippen LogP contribution in [0.1, 0.15) is 24.4 Å². The number of aryl methyl sites for hydroxylation is 1. The number of ether oxygens (including phenoxy) is 1. The maximum absolute atomic E-state index is 13.6. The lowest BCUT2D eigenvalue weighted by Crippen LogP contribution is -2.44. The number of hydrogen-bond acceptors (Lipinski definition) is 7. The molecule has 1 fully saturated rings. The van der Waals surface area contributed by atoms with Crippen LogP contribution in [0, 0.1) is 6.92 Å². The maximum Gasteiger partial charge on any atom is 0.335 e. The second kappa shape index (κ2) is 7.92. The molecule has 1 aliphatic rings. The number of benzene rings is 1. The lowest BCUT2D eigenvalue weighted by Gasteiger charge is -2.34. The van der Waals surface area contributed by atoms with Crippen LogP contribution in [-0.4, -0.2) is 55.5 Å². The maximum atomic E-state index is 13.6. The molecule has 4 rings (SSSR count). The minimum Gasteiger partial charge on any atom is -0.496 e. The highest BCUT2D eigenvalue weighted by Gasteiger charge is 2.29. The van der Waals surface area contributed by atoms with E-state index < -0.39 is 6.23 Å². The first-order valence-corrected chi connectivity index (χ1v) is 9.89. The molecule has 158 valence electrons. The summed E-state index contributed by atoms with van der Waals surface area (Å²) in [5.74, 6) is 0.905. The van der Waals surface area contributed by atoms with Gasteiger partial charge in [-0.15, -0.1) is 0 Å². The van der Waals surface area contributed by atoms with Crippen LogP contribution < -0.4 is 16.2 Å². The molecular formula is C21H26N6O3. The molecule has 2 aromatic heterocycles. The molecule has 0 spiro atoms. The number of aliphatic hydroxyl groups excluding tert-OH is 1. The number of methoxy groups -OCH3 is 1. The molecule has 0 radical (unpaired) electrons. The Morgan fingerprint density at radius 1 is 1.40 bits per heavy atom. The number of hydrogen-bond donors (Lipinski definition) is 2. The Kier molecular flexibility index (Phi) is 5.31. The van der Waals surface area contributed by atoms with Crippen molar-refractivity contribution in [2.45, 2.75) is 32.0 Å². The average molecular weight is 410 g/mol. The summed E-state index contributed by atoms with van der Waals surface area (Å²) < 4.78 is 8.64. The Balaban J connectivity index is 1.91. The van der Waals surface area contributed by atoms with Crippen molar-refractivity contribution in [3.63, 3.8) is 0 Å². The molecule has 3 heterocycles. The molecule has 3 aromatic rings. The van der Waals surface area contributed by atoms with Crippen molar-refractivity contribution < 1.29 is 9.84 Å². The average Bonchev–Trinajstić information content (AvgIpc) is 3.06. The van der Waals surface area contributed by atoms with Crippen molar-refractivity contribution in [3.8, 4) is 11.4 Å². The minimum absolute atomic E-state index is 0.161. The Bertz CT molecular complexity index is 1150. The zero-order chi connectivity index (χ0) is 21.4. The summed E-state index contributed by atoms with van der Waals surface area (Å²) in [4.78, 5) is 24.0. The number of fused-ring (bicyclic) bond motifs is 1. The van der Waals surface area contributed by atoms with Crippen LogP contribution in [-0.2, 0) is 0 Å². The number of piperidine rings is 1. The van der Waals surface area contributed by atoms with E-state index in [4.69, 9.17) is 10.5 Å². The normalized spacial score (nSPS) is 18.4. The van der Waals surface area contributed by atoms with E-state index >= 15 is 0 Å². The number of aromatic nitrogens is 4. The van der Waals surface area contributed by atoms with Crippen molar-refractivity contribution in [3.05, 3.63) is 53.2 Å². The zero-order valence-electron chi connectivity index (χ0n) is 17.2. The van der Waals surface area contributed by atoms with Crippen molar-refractivity contribution in [1.82, 2.24) is 24.0 Å². The molecule has 0 saturated carbocycles. The number of imidazole rings is 1. The summed E-state index contributed by atoms with van der Waals surface area (Å²) in [6.45, 7) is 6.85. The van der Waals surface area contributed by atoms with Gasteiger partial charge in [0.1, 0.15) is 23.8 Å². The third-order valence-electron chi connectivity index (χ3n) is 5.71. The highest BCUT2D eigenvalue weighted by atomic mass is 16.5. The van der Waals surface area contributed by atoms with Crippen molar-refractivity contribution >= 4 is 17.0 Å². The molecule has 1 saturated heterocycles. The fourth-order valence-electron chi connectivity index (χ4n) is 4.17. The molecule has 3 N–H and O–H groups in total. The Morgan fingerprint density at radius 3 is 2.93 bits per heavy atom. The van der Waals surface area contributed by atoms with Gasteiger partial charge in [-0.2, -0.15) is 0 Å². The zero-order valence-corrected chi connectivity index (χ0v) is 17.2. The number of anilines is 1. The van der Waals surface area contributed by atoms with E-state index in [-0.39, 0.29) is 17.5 Å². The number of nitrogens with two attached hydrogens (primary N) is 1. The van der Waals surface area contributed by atoms with Gasteiger partial charge in [-0.3, -0.25) is 14.0 Å². The number of aliphatic hydroxyl groups is 1. The Labute approximate surface area is 174 Å². The number of nitrogen functional groups attached to an aromatic ring is 1. The van der Waals surface area contributed by atoms with Crippen LogP contribution in [0.5, 0.6) is 5.75 Å². The van der Waals surface area contributed by atoms with E-state index in [9.17, 15) is 9.90 Å². The van der Waals surface area contributed by atoms with Gasteiger partial charge in [0.15, 0.2) is 11.5 Å². The van der Waals surface area contributed by atoms with Gasteiger partial charge in [-0.1, -0.05) is 12.6 Å². The third kappa shape index (κ3) is 3.25. The molecule has 2 atom stereocenters. The molecule has 0 aliphatic carbocycles. The van der Waals surface area contributed by atoms with Crippen LogP contribution in [0.3, 0.4) is 0 Å². The largest absolute Gasteiger partial charge is 0.496 e. The predicted octanol–water partition coefficient (Wildman–Crippen LogP) is 1.62. The molecule has 30 heavy (non-hydrogen) atoms. The smallest absolute Gasteiger partial charge is 0.335 e. The Hall–Kier alpha value is -3.17. The second-order valence-electron chi connectivity index (χ2n) is 7.51. The topological polar surface area (TPSA) is 111 Å². The highest BCUT2D eigenvalue weighted by Crippen LogP contribution is 2.29. The van der Waals surface area contributed by atoms with Gasteiger partial charge in [0.05, 0.1) is 18.8 Å². The quantitative estimate of drug-likeness (QED) is 0.615. The van der Waals surface area contributed by atoms with Gasteiger partial charge in [-0.25, -0.2) is 14.8 Å². The number of likely N-dealkylation sites (tertiary alicyclic amines) is 1. The van der Waals surface area contributed by atoms with Crippen molar-refractivity contribution in [1.29, 1.82) is 0 Å². The number of rotatable bonds is 5. The van der Waals surface area contributed by atoms with Gasteiger partial charge >= 0.3 is 5.69 Å². The van der Waals surface area contributed by atoms with E-state index in [0.29, 0.717) is 29.1 Å². The fraction of sp³-hybridized carbons (Fsp3) is 0.381. The van der Waals surface area contributed by atoms with Crippen LogP contribution in [0.25, 0.3) is 16.9 Å². The molecule has 9 nitrogen and oxygen atoms in total. The molecule has 1 aliphatic heterocycles. The van der Waals surface area contributed by atoms with Gasteiger partial charge < -0.3 is 15.6 Å². The van der Waals surface area contributed by atoms with E-state index in [1.807, 2.05) is 30.0 Å².